The van der Waals surface area contributed by atoms with E-state index in [9.17, 15) is 8.78 Å². The van der Waals surface area contributed by atoms with Gasteiger partial charge in [-0.05, 0) is 48.9 Å². The summed E-state index contributed by atoms with van der Waals surface area (Å²) >= 11 is 0. The summed E-state index contributed by atoms with van der Waals surface area (Å²) in [5.74, 6) is -0.388. The van der Waals surface area contributed by atoms with Gasteiger partial charge in [-0.15, -0.1) is 0 Å². The normalized spacial score (nSPS) is 29.3. The van der Waals surface area contributed by atoms with Gasteiger partial charge in [0.1, 0.15) is 11.6 Å². The number of rotatable bonds is 2. The van der Waals surface area contributed by atoms with E-state index in [0.717, 1.165) is 25.3 Å². The van der Waals surface area contributed by atoms with E-state index in [4.69, 9.17) is 5.73 Å². The van der Waals surface area contributed by atoms with Gasteiger partial charge in [-0.3, -0.25) is 0 Å². The fraction of sp³-hybridized carbons (Fsp3) is 0.571. The minimum Gasteiger partial charge on any atom is -0.325 e. The molecular weight excluding hydrogens is 220 g/mol. The molecule has 1 aromatic carbocycles. The molecule has 0 heterocycles. The van der Waals surface area contributed by atoms with Crippen molar-refractivity contribution in [3.8, 4) is 0 Å². The summed E-state index contributed by atoms with van der Waals surface area (Å²) in [6.07, 6.45) is 4.67. The van der Waals surface area contributed by atoms with Crippen LogP contribution in [0.5, 0.6) is 0 Å². The molecule has 1 aliphatic rings. The fourth-order valence-electron chi connectivity index (χ4n) is 2.73. The molecule has 0 aliphatic heterocycles. The monoisotopic (exact) mass is 239 g/mol. The third-order valence-electron chi connectivity index (χ3n) is 4.04. The van der Waals surface area contributed by atoms with Crippen LogP contribution in [0.3, 0.4) is 0 Å². The molecule has 0 radical (unpaired) electrons. The van der Waals surface area contributed by atoms with E-state index in [-0.39, 0.29) is 11.4 Å². The molecule has 1 nitrogen and oxygen atoms in total. The molecule has 3 heteroatoms. The Bertz CT molecular complexity index is 405. The van der Waals surface area contributed by atoms with Gasteiger partial charge in [-0.25, -0.2) is 8.78 Å². The maximum Gasteiger partial charge on any atom is 0.126 e. The van der Waals surface area contributed by atoms with Crippen molar-refractivity contribution in [3.63, 3.8) is 0 Å². The number of nitrogens with two attached hydrogens (primary N) is 1. The van der Waals surface area contributed by atoms with Crippen LogP contribution in [0, 0.1) is 17.6 Å². The largest absolute Gasteiger partial charge is 0.325 e. The summed E-state index contributed by atoms with van der Waals surface area (Å²) in [6, 6.07) is 3.60. The Balaban J connectivity index is 2.21. The first kappa shape index (κ1) is 12.5. The second kappa shape index (κ2) is 4.73. The van der Waals surface area contributed by atoms with Crippen molar-refractivity contribution >= 4 is 0 Å². The van der Waals surface area contributed by atoms with Crippen LogP contribution in [-0.4, -0.2) is 5.54 Å². The average Bonchev–Trinajstić information content (AvgIpc) is 2.28. The van der Waals surface area contributed by atoms with Gasteiger partial charge in [0.15, 0.2) is 0 Å². The molecule has 2 N–H and O–H groups in total. The number of benzene rings is 1. The molecule has 0 aromatic heterocycles. The van der Waals surface area contributed by atoms with Crippen LogP contribution in [0.15, 0.2) is 18.2 Å². The van der Waals surface area contributed by atoms with Crippen LogP contribution in [-0.2, 0) is 6.42 Å². The van der Waals surface area contributed by atoms with Crippen LogP contribution < -0.4 is 5.73 Å². The molecule has 0 saturated heterocycles. The standard InChI is InChI=1S/C14H19F2N/c1-10-4-2-3-7-14(10,17)9-11-8-12(15)5-6-13(11)16/h5-6,8,10H,2-4,7,9,17H2,1H3. The van der Waals surface area contributed by atoms with Gasteiger partial charge < -0.3 is 5.73 Å². The van der Waals surface area contributed by atoms with Crippen molar-refractivity contribution < 1.29 is 8.78 Å². The summed E-state index contributed by atoms with van der Waals surface area (Å²) in [5, 5.41) is 0. The molecule has 0 spiro atoms. The van der Waals surface area contributed by atoms with E-state index in [0.29, 0.717) is 17.9 Å². The van der Waals surface area contributed by atoms with Crippen LogP contribution in [0.4, 0.5) is 8.78 Å². The zero-order valence-electron chi connectivity index (χ0n) is 10.2. The van der Waals surface area contributed by atoms with E-state index in [1.54, 1.807) is 0 Å². The Hall–Kier alpha value is -0.960. The van der Waals surface area contributed by atoms with Crippen molar-refractivity contribution in [3.05, 3.63) is 35.4 Å². The van der Waals surface area contributed by atoms with Crippen LogP contribution in [0.2, 0.25) is 0 Å². The topological polar surface area (TPSA) is 26.0 Å². The summed E-state index contributed by atoms with van der Waals surface area (Å²) in [7, 11) is 0. The lowest BCUT2D eigenvalue weighted by Gasteiger charge is -2.39. The highest BCUT2D eigenvalue weighted by Crippen LogP contribution is 2.34. The number of halogens is 2. The van der Waals surface area contributed by atoms with Gasteiger partial charge in [0.2, 0.25) is 0 Å². The smallest absolute Gasteiger partial charge is 0.126 e. The van der Waals surface area contributed by atoms with Crippen molar-refractivity contribution in [1.82, 2.24) is 0 Å². The van der Waals surface area contributed by atoms with E-state index < -0.39 is 5.82 Å². The highest BCUT2D eigenvalue weighted by atomic mass is 19.1. The second-order valence-corrected chi connectivity index (χ2v) is 5.29. The lowest BCUT2D eigenvalue weighted by atomic mass is 9.71. The summed E-state index contributed by atoms with van der Waals surface area (Å²) in [6.45, 7) is 2.11. The SMILES string of the molecule is CC1CCCCC1(N)Cc1cc(F)ccc1F. The molecule has 0 amide bonds. The van der Waals surface area contributed by atoms with Gasteiger partial charge in [0, 0.05) is 5.54 Å². The molecule has 1 aliphatic carbocycles. The van der Waals surface area contributed by atoms with Crippen LogP contribution in [0.1, 0.15) is 38.2 Å². The van der Waals surface area contributed by atoms with Crippen molar-refractivity contribution in [2.45, 2.75) is 44.6 Å². The lowest BCUT2D eigenvalue weighted by molar-refractivity contribution is 0.202. The Labute approximate surface area is 101 Å². The predicted molar refractivity (Wildman–Crippen MR) is 64.6 cm³/mol. The third-order valence-corrected chi connectivity index (χ3v) is 4.04. The molecule has 94 valence electrons. The van der Waals surface area contributed by atoms with E-state index in [1.807, 2.05) is 0 Å². The van der Waals surface area contributed by atoms with Gasteiger partial charge in [0.05, 0.1) is 0 Å². The van der Waals surface area contributed by atoms with Gasteiger partial charge in [-0.1, -0.05) is 19.8 Å². The second-order valence-electron chi connectivity index (χ2n) is 5.29. The Kier molecular flexibility index (Phi) is 3.48. The van der Waals surface area contributed by atoms with E-state index in [2.05, 4.69) is 6.92 Å². The lowest BCUT2D eigenvalue weighted by Crippen LogP contribution is -2.50. The fourth-order valence-corrected chi connectivity index (χ4v) is 2.73. The van der Waals surface area contributed by atoms with Crippen molar-refractivity contribution in [2.75, 3.05) is 0 Å². The maximum atomic E-state index is 13.6. The highest BCUT2D eigenvalue weighted by Gasteiger charge is 2.34. The minimum atomic E-state index is -0.395. The van der Waals surface area contributed by atoms with E-state index in [1.165, 1.54) is 18.6 Å². The number of hydrogen-bond donors (Lipinski definition) is 1. The first-order valence-electron chi connectivity index (χ1n) is 6.24. The molecule has 17 heavy (non-hydrogen) atoms. The first-order valence-corrected chi connectivity index (χ1v) is 6.24. The molecule has 2 atom stereocenters. The van der Waals surface area contributed by atoms with Gasteiger partial charge in [-0.2, -0.15) is 0 Å². The van der Waals surface area contributed by atoms with E-state index >= 15 is 0 Å². The summed E-state index contributed by atoms with van der Waals surface area (Å²) in [4.78, 5) is 0. The first-order chi connectivity index (χ1) is 8.01. The molecule has 1 aromatic rings. The zero-order valence-corrected chi connectivity index (χ0v) is 10.2. The predicted octanol–water partition coefficient (Wildman–Crippen LogP) is 3.41. The maximum absolute atomic E-state index is 13.6. The number of hydrogen-bond acceptors (Lipinski definition) is 1. The minimum absolute atomic E-state index is 0.353. The average molecular weight is 239 g/mol. The Morgan fingerprint density at radius 1 is 1.35 bits per heavy atom. The molecule has 0 bridgehead atoms. The van der Waals surface area contributed by atoms with Crippen molar-refractivity contribution in [2.24, 2.45) is 11.7 Å². The van der Waals surface area contributed by atoms with Gasteiger partial charge >= 0.3 is 0 Å². The summed E-state index contributed by atoms with van der Waals surface area (Å²) in [5.41, 5.74) is 6.39. The quantitative estimate of drug-likeness (QED) is 0.840. The van der Waals surface area contributed by atoms with Crippen molar-refractivity contribution in [1.29, 1.82) is 0 Å². The molecular formula is C14H19F2N. The molecule has 1 fully saturated rings. The highest BCUT2D eigenvalue weighted by molar-refractivity contribution is 5.22. The Morgan fingerprint density at radius 2 is 2.12 bits per heavy atom. The zero-order chi connectivity index (χ0) is 12.5. The van der Waals surface area contributed by atoms with Crippen LogP contribution in [0.25, 0.3) is 0 Å². The Morgan fingerprint density at radius 3 is 2.82 bits per heavy atom. The van der Waals surface area contributed by atoms with Crippen LogP contribution >= 0.6 is 0 Å². The molecule has 1 saturated carbocycles. The molecule has 2 rings (SSSR count). The van der Waals surface area contributed by atoms with Gasteiger partial charge in [0.25, 0.3) is 0 Å². The molecule has 2 unspecified atom stereocenters. The third kappa shape index (κ3) is 2.65. The summed E-state index contributed by atoms with van der Waals surface area (Å²) < 4.78 is 26.7.